The van der Waals surface area contributed by atoms with Crippen LogP contribution in [0.25, 0.3) is 0 Å². The molecule has 0 aliphatic heterocycles. The van der Waals surface area contributed by atoms with Gasteiger partial charge in [0, 0.05) is 22.0 Å². The first-order valence-corrected chi connectivity index (χ1v) is 5.11. The predicted molar refractivity (Wildman–Crippen MR) is 56.0 cm³/mol. The maximum absolute atomic E-state index is 5.81. The Morgan fingerprint density at radius 2 is 2.23 bits per heavy atom. The second-order valence-corrected chi connectivity index (χ2v) is 4.22. The van der Waals surface area contributed by atoms with Gasteiger partial charge in [0.2, 0.25) is 0 Å². The third-order valence-corrected chi connectivity index (χ3v) is 3.13. The van der Waals surface area contributed by atoms with Gasteiger partial charge in [-0.15, -0.1) is 0 Å². The molecule has 2 nitrogen and oxygen atoms in total. The summed E-state index contributed by atoms with van der Waals surface area (Å²) in [5, 5.41) is 0. The van der Waals surface area contributed by atoms with Crippen LogP contribution in [0.5, 0.6) is 5.75 Å². The Labute approximate surface area is 86.2 Å². The van der Waals surface area contributed by atoms with Crippen LogP contribution in [0.3, 0.4) is 0 Å². The second kappa shape index (κ2) is 3.31. The molecule has 2 N–H and O–H groups in total. The van der Waals surface area contributed by atoms with Crippen LogP contribution in [-0.2, 0) is 0 Å². The van der Waals surface area contributed by atoms with Crippen LogP contribution < -0.4 is 10.5 Å². The topological polar surface area (TPSA) is 35.2 Å². The van der Waals surface area contributed by atoms with Crippen molar-refractivity contribution in [3.05, 3.63) is 28.2 Å². The molecule has 13 heavy (non-hydrogen) atoms. The number of ether oxygens (including phenoxy) is 1. The van der Waals surface area contributed by atoms with Crippen LogP contribution in [0.1, 0.15) is 17.9 Å². The minimum Gasteiger partial charge on any atom is -0.496 e. The van der Waals surface area contributed by atoms with E-state index in [1.807, 2.05) is 18.2 Å². The lowest BCUT2D eigenvalue weighted by Gasteiger charge is -2.09. The molecule has 1 aliphatic carbocycles. The Hall–Kier alpha value is -0.540. The van der Waals surface area contributed by atoms with Crippen LogP contribution in [0.15, 0.2) is 22.7 Å². The molecular formula is C10H12BrNO. The van der Waals surface area contributed by atoms with Gasteiger partial charge in [-0.25, -0.2) is 0 Å². The normalized spacial score (nSPS) is 25.8. The highest BCUT2D eigenvalue weighted by molar-refractivity contribution is 9.10. The Morgan fingerprint density at radius 3 is 2.77 bits per heavy atom. The molecule has 1 aliphatic rings. The number of hydrogen-bond donors (Lipinski definition) is 1. The summed E-state index contributed by atoms with van der Waals surface area (Å²) >= 11 is 3.52. The highest BCUT2D eigenvalue weighted by Crippen LogP contribution is 2.46. The molecule has 70 valence electrons. The zero-order valence-electron chi connectivity index (χ0n) is 7.46. The Kier molecular flexibility index (Phi) is 2.30. The molecule has 0 bridgehead atoms. The molecule has 2 unspecified atom stereocenters. The number of benzene rings is 1. The molecule has 0 spiro atoms. The quantitative estimate of drug-likeness (QED) is 0.863. The minimum absolute atomic E-state index is 0.313. The molecule has 1 fully saturated rings. The molecule has 2 rings (SSSR count). The monoisotopic (exact) mass is 241 g/mol. The maximum atomic E-state index is 5.81. The van der Waals surface area contributed by atoms with Crippen molar-refractivity contribution in [1.29, 1.82) is 0 Å². The van der Waals surface area contributed by atoms with E-state index in [4.69, 9.17) is 10.5 Å². The summed E-state index contributed by atoms with van der Waals surface area (Å²) in [7, 11) is 1.69. The third-order valence-electron chi connectivity index (χ3n) is 2.44. The van der Waals surface area contributed by atoms with E-state index in [9.17, 15) is 0 Å². The van der Waals surface area contributed by atoms with E-state index in [-0.39, 0.29) is 0 Å². The van der Waals surface area contributed by atoms with Crippen molar-refractivity contribution in [3.8, 4) is 5.75 Å². The molecule has 2 atom stereocenters. The van der Waals surface area contributed by atoms with Gasteiger partial charge in [0.05, 0.1) is 7.11 Å². The molecule has 0 radical (unpaired) electrons. The van der Waals surface area contributed by atoms with Gasteiger partial charge in [-0.05, 0) is 18.6 Å². The van der Waals surface area contributed by atoms with Crippen LogP contribution in [-0.4, -0.2) is 13.2 Å². The van der Waals surface area contributed by atoms with E-state index in [2.05, 4.69) is 15.9 Å². The van der Waals surface area contributed by atoms with Crippen LogP contribution in [0.4, 0.5) is 0 Å². The fourth-order valence-electron chi connectivity index (χ4n) is 1.60. The van der Waals surface area contributed by atoms with E-state index in [1.54, 1.807) is 7.11 Å². The van der Waals surface area contributed by atoms with Gasteiger partial charge >= 0.3 is 0 Å². The summed E-state index contributed by atoms with van der Waals surface area (Å²) < 4.78 is 6.39. The highest BCUT2D eigenvalue weighted by Gasteiger charge is 2.38. The number of halogens is 1. The van der Waals surface area contributed by atoms with Crippen molar-refractivity contribution in [2.45, 2.75) is 18.4 Å². The first-order chi connectivity index (χ1) is 6.24. The van der Waals surface area contributed by atoms with E-state index >= 15 is 0 Å². The summed E-state index contributed by atoms with van der Waals surface area (Å²) in [4.78, 5) is 0. The van der Waals surface area contributed by atoms with Crippen molar-refractivity contribution >= 4 is 15.9 Å². The van der Waals surface area contributed by atoms with Crippen molar-refractivity contribution in [3.63, 3.8) is 0 Å². The summed E-state index contributed by atoms with van der Waals surface area (Å²) in [6.45, 7) is 0. The van der Waals surface area contributed by atoms with Gasteiger partial charge in [-0.3, -0.25) is 0 Å². The van der Waals surface area contributed by atoms with Crippen molar-refractivity contribution in [2.24, 2.45) is 5.73 Å². The summed E-state index contributed by atoms with van der Waals surface area (Å²) in [5.41, 5.74) is 7.03. The van der Waals surface area contributed by atoms with Gasteiger partial charge < -0.3 is 10.5 Å². The standard InChI is InChI=1S/C10H12BrNO/c1-13-9-4-2-3-7(11)10(9)6-5-8(6)12/h2-4,6,8H,5,12H2,1H3. The van der Waals surface area contributed by atoms with Gasteiger partial charge in [-0.1, -0.05) is 22.0 Å². The summed E-state index contributed by atoms with van der Waals surface area (Å²) in [6.07, 6.45) is 1.07. The number of rotatable bonds is 2. The van der Waals surface area contributed by atoms with E-state index < -0.39 is 0 Å². The SMILES string of the molecule is COc1cccc(Br)c1C1CC1N. The first-order valence-electron chi connectivity index (χ1n) is 4.32. The van der Waals surface area contributed by atoms with E-state index in [0.29, 0.717) is 12.0 Å². The van der Waals surface area contributed by atoms with Crippen LogP contribution in [0.2, 0.25) is 0 Å². The van der Waals surface area contributed by atoms with Crippen LogP contribution >= 0.6 is 15.9 Å². The summed E-state index contributed by atoms with van der Waals surface area (Å²) in [5.74, 6) is 1.41. The van der Waals surface area contributed by atoms with Crippen molar-refractivity contribution in [1.82, 2.24) is 0 Å². The zero-order chi connectivity index (χ0) is 9.42. The fraction of sp³-hybridized carbons (Fsp3) is 0.400. The average molecular weight is 242 g/mol. The number of hydrogen-bond acceptors (Lipinski definition) is 2. The van der Waals surface area contributed by atoms with E-state index in [0.717, 1.165) is 16.6 Å². The largest absolute Gasteiger partial charge is 0.496 e. The molecule has 0 amide bonds. The molecule has 1 saturated carbocycles. The molecule has 1 aromatic rings. The fourth-order valence-corrected chi connectivity index (χ4v) is 2.24. The van der Waals surface area contributed by atoms with Gasteiger partial charge in [0.1, 0.15) is 5.75 Å². The minimum atomic E-state index is 0.313. The predicted octanol–water partition coefficient (Wildman–Crippen LogP) is 2.27. The van der Waals surface area contributed by atoms with Gasteiger partial charge in [0.25, 0.3) is 0 Å². The van der Waals surface area contributed by atoms with Crippen molar-refractivity contribution < 1.29 is 4.74 Å². The van der Waals surface area contributed by atoms with Gasteiger partial charge in [0.15, 0.2) is 0 Å². The lowest BCUT2D eigenvalue weighted by atomic mass is 10.1. The smallest absolute Gasteiger partial charge is 0.123 e. The Bertz CT molecular complexity index is 327. The van der Waals surface area contributed by atoms with Crippen molar-refractivity contribution in [2.75, 3.05) is 7.11 Å². The van der Waals surface area contributed by atoms with E-state index in [1.165, 1.54) is 5.56 Å². The average Bonchev–Trinajstić information content (AvgIpc) is 2.82. The third kappa shape index (κ3) is 1.58. The lowest BCUT2D eigenvalue weighted by molar-refractivity contribution is 0.409. The number of methoxy groups -OCH3 is 1. The zero-order valence-corrected chi connectivity index (χ0v) is 9.04. The molecule has 0 heterocycles. The first kappa shape index (κ1) is 9.03. The summed E-state index contributed by atoms with van der Waals surface area (Å²) in [6, 6.07) is 6.29. The molecule has 0 saturated heterocycles. The Morgan fingerprint density at radius 1 is 1.54 bits per heavy atom. The molecule has 1 aromatic carbocycles. The second-order valence-electron chi connectivity index (χ2n) is 3.36. The van der Waals surface area contributed by atoms with Crippen LogP contribution in [0, 0.1) is 0 Å². The molecule has 0 aromatic heterocycles. The Balaban J connectivity index is 2.41. The maximum Gasteiger partial charge on any atom is 0.123 e. The molecule has 3 heteroatoms. The lowest BCUT2D eigenvalue weighted by Crippen LogP contribution is -2.02. The number of nitrogens with two attached hydrogens (primary N) is 1. The highest BCUT2D eigenvalue weighted by atomic mass is 79.9. The molecular weight excluding hydrogens is 230 g/mol. The van der Waals surface area contributed by atoms with Gasteiger partial charge in [-0.2, -0.15) is 0 Å².